The van der Waals surface area contributed by atoms with Crippen molar-refractivity contribution < 1.29 is 18.9 Å². The smallest absolute Gasteiger partial charge is 0.257 e. The van der Waals surface area contributed by atoms with Crippen LogP contribution in [-0.2, 0) is 14.2 Å². The molecule has 0 atom stereocenters. The third-order valence-electron chi connectivity index (χ3n) is 1.86. The van der Waals surface area contributed by atoms with E-state index in [-0.39, 0.29) is 22.9 Å². The maximum Gasteiger partial charge on any atom is 0.257 e. The van der Waals surface area contributed by atoms with Crippen molar-refractivity contribution in [3.05, 3.63) is 10.4 Å². The molecule has 0 amide bonds. The fourth-order valence-corrected chi connectivity index (χ4v) is 1.28. The van der Waals surface area contributed by atoms with Crippen molar-refractivity contribution in [2.45, 2.75) is 0 Å². The van der Waals surface area contributed by atoms with Gasteiger partial charge < -0.3 is 18.9 Å². The van der Waals surface area contributed by atoms with Crippen LogP contribution in [0.5, 0.6) is 5.88 Å². The van der Waals surface area contributed by atoms with Gasteiger partial charge in [0.1, 0.15) is 6.61 Å². The maximum absolute atomic E-state index is 5.71. The lowest BCUT2D eigenvalue weighted by molar-refractivity contribution is 0.0176. The Bertz CT molecular complexity index is 371. The van der Waals surface area contributed by atoms with Crippen LogP contribution in [0.2, 0.25) is 10.4 Å². The number of hydrogen-bond acceptors (Lipinski definition) is 7. The first-order valence-electron chi connectivity index (χ1n) is 5.57. The minimum atomic E-state index is -0.0214. The molecular formula is C10H15Cl2N3O4. The predicted octanol–water partition coefficient (Wildman–Crippen LogP) is 1.24. The summed E-state index contributed by atoms with van der Waals surface area (Å²) in [5.74, 6) is 0.140. The number of halogens is 2. The average Bonchev–Trinajstić information content (AvgIpc) is 2.40. The zero-order valence-electron chi connectivity index (χ0n) is 10.5. The summed E-state index contributed by atoms with van der Waals surface area (Å²) < 4.78 is 20.6. The number of hydrogen-bond donors (Lipinski definition) is 0. The van der Waals surface area contributed by atoms with Crippen LogP contribution in [0, 0.1) is 0 Å². The van der Waals surface area contributed by atoms with Gasteiger partial charge in [-0.05, 0) is 11.6 Å². The second-order valence-electron chi connectivity index (χ2n) is 3.24. The molecule has 0 radical (unpaired) electrons. The molecule has 0 spiro atoms. The Morgan fingerprint density at radius 3 is 2.21 bits per heavy atom. The van der Waals surface area contributed by atoms with Crippen molar-refractivity contribution in [1.29, 1.82) is 0 Å². The molecule has 0 bridgehead atoms. The summed E-state index contributed by atoms with van der Waals surface area (Å²) in [4.78, 5) is 3.78. The lowest BCUT2D eigenvalue weighted by atomic mass is 10.7. The lowest BCUT2D eigenvalue weighted by Gasteiger charge is -2.07. The Labute approximate surface area is 121 Å². The summed E-state index contributed by atoms with van der Waals surface area (Å²) in [6.45, 7) is 2.77. The number of aromatic nitrogens is 3. The van der Waals surface area contributed by atoms with E-state index >= 15 is 0 Å². The molecule has 0 aliphatic carbocycles. The van der Waals surface area contributed by atoms with Crippen LogP contribution in [0.1, 0.15) is 0 Å². The Morgan fingerprint density at radius 2 is 1.53 bits per heavy atom. The topological polar surface area (TPSA) is 75.6 Å². The molecule has 1 heterocycles. The molecule has 7 nitrogen and oxygen atoms in total. The van der Waals surface area contributed by atoms with Gasteiger partial charge in [0.2, 0.25) is 10.4 Å². The van der Waals surface area contributed by atoms with E-state index in [9.17, 15) is 0 Å². The SMILES string of the molecule is COCCOCCOCCOc1nc(Cl)nnc1Cl. The summed E-state index contributed by atoms with van der Waals surface area (Å²) >= 11 is 11.3. The van der Waals surface area contributed by atoms with Crippen LogP contribution < -0.4 is 4.74 Å². The molecule has 0 saturated carbocycles. The Kier molecular flexibility index (Phi) is 8.68. The molecule has 0 aliphatic heterocycles. The van der Waals surface area contributed by atoms with Crippen LogP contribution in [-0.4, -0.2) is 61.9 Å². The third-order valence-corrected chi connectivity index (χ3v) is 2.26. The van der Waals surface area contributed by atoms with Gasteiger partial charge in [0, 0.05) is 7.11 Å². The first kappa shape index (κ1) is 16.3. The first-order chi connectivity index (χ1) is 9.24. The molecule has 19 heavy (non-hydrogen) atoms. The molecule has 0 saturated heterocycles. The molecule has 0 unspecified atom stereocenters. The van der Waals surface area contributed by atoms with E-state index in [0.717, 1.165) is 0 Å². The highest BCUT2D eigenvalue weighted by molar-refractivity contribution is 6.31. The van der Waals surface area contributed by atoms with Gasteiger partial charge >= 0.3 is 0 Å². The Hall–Kier alpha value is -0.730. The largest absolute Gasteiger partial charge is 0.473 e. The molecule has 0 N–H and O–H groups in total. The van der Waals surface area contributed by atoms with Crippen molar-refractivity contribution in [2.24, 2.45) is 0 Å². The van der Waals surface area contributed by atoms with Crippen LogP contribution in [0.3, 0.4) is 0 Å². The van der Waals surface area contributed by atoms with Gasteiger partial charge in [-0.2, -0.15) is 4.98 Å². The highest BCUT2D eigenvalue weighted by Crippen LogP contribution is 2.18. The van der Waals surface area contributed by atoms with Gasteiger partial charge in [-0.3, -0.25) is 0 Å². The highest BCUT2D eigenvalue weighted by Gasteiger charge is 2.06. The van der Waals surface area contributed by atoms with E-state index in [1.807, 2.05) is 0 Å². The molecular weight excluding hydrogens is 297 g/mol. The van der Waals surface area contributed by atoms with E-state index in [0.29, 0.717) is 33.0 Å². The zero-order chi connectivity index (χ0) is 13.9. The third kappa shape index (κ3) is 7.44. The fraction of sp³-hybridized carbons (Fsp3) is 0.700. The number of nitrogens with zero attached hydrogens (tertiary/aromatic N) is 3. The van der Waals surface area contributed by atoms with E-state index in [2.05, 4.69) is 15.2 Å². The second-order valence-corrected chi connectivity index (χ2v) is 3.94. The van der Waals surface area contributed by atoms with E-state index in [4.69, 9.17) is 42.1 Å². The molecule has 1 rings (SSSR count). The van der Waals surface area contributed by atoms with Crippen molar-refractivity contribution in [1.82, 2.24) is 15.2 Å². The van der Waals surface area contributed by atoms with Crippen LogP contribution >= 0.6 is 23.2 Å². The van der Waals surface area contributed by atoms with Crippen LogP contribution in [0.15, 0.2) is 0 Å². The molecule has 0 aromatic carbocycles. The summed E-state index contributed by atoms with van der Waals surface area (Å²) in [6, 6.07) is 0. The normalized spacial score (nSPS) is 10.7. The first-order valence-corrected chi connectivity index (χ1v) is 6.32. The van der Waals surface area contributed by atoms with Gasteiger partial charge in [-0.15, -0.1) is 10.2 Å². The Morgan fingerprint density at radius 1 is 0.895 bits per heavy atom. The molecule has 0 fully saturated rings. The summed E-state index contributed by atoms with van der Waals surface area (Å²) in [5, 5.41) is 7.07. The fourth-order valence-electron chi connectivity index (χ4n) is 1.03. The number of rotatable bonds is 10. The zero-order valence-corrected chi connectivity index (χ0v) is 12.0. The quantitative estimate of drug-likeness (QED) is 0.602. The molecule has 0 aliphatic rings. The minimum absolute atomic E-state index is 0.0214. The monoisotopic (exact) mass is 311 g/mol. The average molecular weight is 312 g/mol. The molecule has 1 aromatic heterocycles. The molecule has 9 heteroatoms. The lowest BCUT2D eigenvalue weighted by Crippen LogP contribution is -2.13. The standard InChI is InChI=1S/C10H15Cl2N3O4/c1-16-2-3-17-4-5-18-6-7-19-9-8(11)14-15-10(12)13-9/h2-7H2,1H3. The summed E-state index contributed by atoms with van der Waals surface area (Å²) in [6.07, 6.45) is 0. The van der Waals surface area contributed by atoms with Crippen molar-refractivity contribution in [3.8, 4) is 5.88 Å². The van der Waals surface area contributed by atoms with Gasteiger partial charge in [0.15, 0.2) is 0 Å². The van der Waals surface area contributed by atoms with Gasteiger partial charge in [0.05, 0.1) is 33.0 Å². The molecule has 108 valence electrons. The second kappa shape index (κ2) is 10.1. The Balaban J connectivity index is 2.03. The summed E-state index contributed by atoms with van der Waals surface area (Å²) in [5.41, 5.74) is 0. The van der Waals surface area contributed by atoms with E-state index in [1.54, 1.807) is 7.11 Å². The molecule has 1 aromatic rings. The van der Waals surface area contributed by atoms with Crippen molar-refractivity contribution >= 4 is 23.2 Å². The van der Waals surface area contributed by atoms with Crippen molar-refractivity contribution in [3.63, 3.8) is 0 Å². The predicted molar refractivity (Wildman–Crippen MR) is 68.9 cm³/mol. The number of methoxy groups -OCH3 is 1. The van der Waals surface area contributed by atoms with Gasteiger partial charge in [-0.25, -0.2) is 0 Å². The van der Waals surface area contributed by atoms with Gasteiger partial charge in [0.25, 0.3) is 5.88 Å². The van der Waals surface area contributed by atoms with Crippen LogP contribution in [0.25, 0.3) is 0 Å². The highest BCUT2D eigenvalue weighted by atomic mass is 35.5. The van der Waals surface area contributed by atoms with Crippen molar-refractivity contribution in [2.75, 3.05) is 46.8 Å². The van der Waals surface area contributed by atoms with E-state index in [1.165, 1.54) is 0 Å². The van der Waals surface area contributed by atoms with Gasteiger partial charge in [-0.1, -0.05) is 11.6 Å². The number of ether oxygens (including phenoxy) is 4. The summed E-state index contributed by atoms with van der Waals surface area (Å²) in [7, 11) is 1.62. The van der Waals surface area contributed by atoms with E-state index < -0.39 is 0 Å². The van der Waals surface area contributed by atoms with Crippen LogP contribution in [0.4, 0.5) is 0 Å². The maximum atomic E-state index is 5.71. The minimum Gasteiger partial charge on any atom is -0.473 e.